The fourth-order valence-corrected chi connectivity index (χ4v) is 6.61. The summed E-state index contributed by atoms with van der Waals surface area (Å²) in [4.78, 5) is -0.180. The molecule has 2 heterocycles. The van der Waals surface area contributed by atoms with Crippen LogP contribution in [0.15, 0.2) is 65.2 Å². The number of alkyl halides is 3. The maximum atomic E-state index is 13.4. The minimum absolute atomic E-state index is 0.128. The van der Waals surface area contributed by atoms with Crippen molar-refractivity contribution in [3.05, 3.63) is 82.9 Å². The molecule has 0 radical (unpaired) electrons. The van der Waals surface area contributed by atoms with E-state index in [1.165, 1.54) is 16.4 Å². The molecule has 0 spiro atoms. The van der Waals surface area contributed by atoms with Crippen LogP contribution in [0.1, 0.15) is 30.2 Å². The molecular formula is C26H25F4N3O3S. The van der Waals surface area contributed by atoms with Crippen LogP contribution in [0.4, 0.5) is 17.6 Å². The average molecular weight is 536 g/mol. The second-order valence-electron chi connectivity index (χ2n) is 9.32. The zero-order valence-corrected chi connectivity index (χ0v) is 20.8. The van der Waals surface area contributed by atoms with Crippen molar-refractivity contribution in [2.45, 2.75) is 30.8 Å². The van der Waals surface area contributed by atoms with E-state index < -0.39 is 27.2 Å². The Hall–Kier alpha value is -3.02. The summed E-state index contributed by atoms with van der Waals surface area (Å²) in [5.41, 5.74) is 1.95. The molecule has 1 fully saturated rings. The van der Waals surface area contributed by atoms with E-state index in [1.54, 1.807) is 23.0 Å². The van der Waals surface area contributed by atoms with Gasteiger partial charge in [-0.05, 0) is 79.9 Å². The number of piperidine rings is 1. The fourth-order valence-electron chi connectivity index (χ4n) is 5.08. The van der Waals surface area contributed by atoms with E-state index in [0.29, 0.717) is 25.1 Å². The molecule has 3 aromatic rings. The first-order chi connectivity index (χ1) is 17.5. The van der Waals surface area contributed by atoms with Crippen LogP contribution in [-0.2, 0) is 27.4 Å². The molecule has 0 unspecified atom stereocenters. The molecule has 2 aromatic carbocycles. The Morgan fingerprint density at radius 3 is 2.43 bits per heavy atom. The molecule has 1 aromatic heterocycles. The Kier molecular flexibility index (Phi) is 6.49. The highest BCUT2D eigenvalue weighted by Gasteiger charge is 2.46. The second-order valence-corrected chi connectivity index (χ2v) is 11.3. The summed E-state index contributed by atoms with van der Waals surface area (Å²) in [6.45, 7) is 2.91. The average Bonchev–Trinajstić information content (AvgIpc) is 3.28. The lowest BCUT2D eigenvalue weighted by Gasteiger charge is -2.45. The third-order valence-corrected chi connectivity index (χ3v) is 8.85. The van der Waals surface area contributed by atoms with Crippen LogP contribution in [0, 0.1) is 11.2 Å². The predicted molar refractivity (Wildman–Crippen MR) is 129 cm³/mol. The zero-order valence-electron chi connectivity index (χ0n) is 20.0. The summed E-state index contributed by atoms with van der Waals surface area (Å²) in [6.07, 6.45) is 0.0987. The molecule has 1 atom stereocenters. The lowest BCUT2D eigenvalue weighted by atomic mass is 9.69. The van der Waals surface area contributed by atoms with Crippen molar-refractivity contribution in [2.24, 2.45) is 5.41 Å². The van der Waals surface area contributed by atoms with Gasteiger partial charge in [-0.2, -0.15) is 22.6 Å². The van der Waals surface area contributed by atoms with Crippen molar-refractivity contribution in [1.29, 1.82) is 0 Å². The van der Waals surface area contributed by atoms with Gasteiger partial charge in [0.15, 0.2) is 0 Å². The molecule has 37 heavy (non-hydrogen) atoms. The van der Waals surface area contributed by atoms with E-state index in [2.05, 4.69) is 5.10 Å². The first kappa shape index (κ1) is 25.6. The van der Waals surface area contributed by atoms with Gasteiger partial charge in [-0.3, -0.25) is 0 Å². The summed E-state index contributed by atoms with van der Waals surface area (Å²) in [5, 5.41) is 4.50. The summed E-state index contributed by atoms with van der Waals surface area (Å²) in [7, 11) is -4.03. The Bertz CT molecular complexity index is 1430. The molecule has 1 aliphatic heterocycles. The molecule has 0 saturated carbocycles. The highest BCUT2D eigenvalue weighted by atomic mass is 32.2. The number of fused-ring (bicyclic) bond motifs is 2. The van der Waals surface area contributed by atoms with Crippen molar-refractivity contribution in [3.63, 3.8) is 0 Å². The first-order valence-corrected chi connectivity index (χ1v) is 13.3. The van der Waals surface area contributed by atoms with Crippen LogP contribution in [0.5, 0.6) is 0 Å². The fraction of sp³-hybridized carbons (Fsp3) is 0.346. The van der Waals surface area contributed by atoms with Crippen molar-refractivity contribution in [3.8, 4) is 5.69 Å². The summed E-state index contributed by atoms with van der Waals surface area (Å²) in [5.74, 6) is -0.347. The van der Waals surface area contributed by atoms with Gasteiger partial charge in [-0.1, -0.05) is 5.57 Å². The van der Waals surface area contributed by atoms with E-state index in [9.17, 15) is 26.0 Å². The Balaban J connectivity index is 1.47. The van der Waals surface area contributed by atoms with Gasteiger partial charge >= 0.3 is 6.18 Å². The lowest BCUT2D eigenvalue weighted by Crippen LogP contribution is -2.51. The van der Waals surface area contributed by atoms with Crippen molar-refractivity contribution in [2.75, 3.05) is 26.3 Å². The number of rotatable bonds is 6. The minimum Gasteiger partial charge on any atom is -0.381 e. The third-order valence-electron chi connectivity index (χ3n) is 6.99. The Morgan fingerprint density at radius 2 is 1.78 bits per heavy atom. The molecule has 0 N–H and O–H groups in total. The monoisotopic (exact) mass is 535 g/mol. The van der Waals surface area contributed by atoms with Gasteiger partial charge in [0.1, 0.15) is 5.82 Å². The van der Waals surface area contributed by atoms with E-state index in [0.717, 1.165) is 41.1 Å². The lowest BCUT2D eigenvalue weighted by molar-refractivity contribution is -0.137. The molecule has 0 amide bonds. The van der Waals surface area contributed by atoms with Gasteiger partial charge in [0.05, 0.1) is 34.6 Å². The predicted octanol–water partition coefficient (Wildman–Crippen LogP) is 5.09. The second kappa shape index (κ2) is 9.38. The summed E-state index contributed by atoms with van der Waals surface area (Å²) < 4.78 is 88.1. The number of nitrogens with zero attached hydrogens (tertiary/aromatic N) is 3. The standard InChI is InChI=1S/C26H25F4N3O3S/c1-2-36-17-25-14-18-15-31-33(22-7-5-21(27)6-8-22)24(18)13-20(25)11-12-32(16-25)37(34,35)23-9-3-19(4-10-23)26(28,29)30/h3-10,13,15H,2,11-12,14,16-17H2,1H3/t25-/m0/s1. The van der Waals surface area contributed by atoms with Crippen LogP contribution in [-0.4, -0.2) is 48.8 Å². The summed E-state index contributed by atoms with van der Waals surface area (Å²) in [6, 6.07) is 9.59. The van der Waals surface area contributed by atoms with E-state index in [-0.39, 0.29) is 30.4 Å². The van der Waals surface area contributed by atoms with Crippen LogP contribution in [0.2, 0.25) is 0 Å². The van der Waals surface area contributed by atoms with Gasteiger partial charge in [0, 0.05) is 25.1 Å². The van der Waals surface area contributed by atoms with Gasteiger partial charge in [0.2, 0.25) is 10.0 Å². The Morgan fingerprint density at radius 1 is 1.08 bits per heavy atom. The maximum absolute atomic E-state index is 13.4. The number of hydrogen-bond acceptors (Lipinski definition) is 4. The zero-order chi connectivity index (χ0) is 26.4. The van der Waals surface area contributed by atoms with Crippen LogP contribution in [0.3, 0.4) is 0 Å². The van der Waals surface area contributed by atoms with Gasteiger partial charge in [-0.25, -0.2) is 17.5 Å². The van der Waals surface area contributed by atoms with E-state index in [4.69, 9.17) is 4.74 Å². The number of sulfonamides is 1. The van der Waals surface area contributed by atoms with E-state index in [1.807, 2.05) is 13.0 Å². The molecule has 11 heteroatoms. The quantitative estimate of drug-likeness (QED) is 0.413. The molecule has 0 bridgehead atoms. The molecule has 1 saturated heterocycles. The van der Waals surface area contributed by atoms with E-state index >= 15 is 0 Å². The molecule has 1 aliphatic carbocycles. The van der Waals surface area contributed by atoms with Crippen LogP contribution in [0.25, 0.3) is 11.8 Å². The molecule has 2 aliphatic rings. The van der Waals surface area contributed by atoms with Gasteiger partial charge in [0.25, 0.3) is 0 Å². The highest BCUT2D eigenvalue weighted by Crippen LogP contribution is 2.45. The van der Waals surface area contributed by atoms with Crippen molar-refractivity contribution in [1.82, 2.24) is 14.1 Å². The molecule has 196 valence electrons. The van der Waals surface area contributed by atoms with Crippen LogP contribution < -0.4 is 0 Å². The molecule has 6 nitrogen and oxygen atoms in total. The number of aromatic nitrogens is 2. The number of benzene rings is 2. The number of halogens is 4. The molecule has 5 rings (SSSR count). The number of ether oxygens (including phenoxy) is 1. The minimum atomic E-state index is -4.55. The normalized spacial score (nSPS) is 20.3. The Labute approximate surface area is 212 Å². The van der Waals surface area contributed by atoms with Crippen molar-refractivity contribution >= 4 is 16.1 Å². The largest absolute Gasteiger partial charge is 0.416 e. The number of hydrogen-bond donors (Lipinski definition) is 0. The first-order valence-electron chi connectivity index (χ1n) is 11.8. The van der Waals surface area contributed by atoms with Gasteiger partial charge < -0.3 is 4.74 Å². The van der Waals surface area contributed by atoms with Crippen molar-refractivity contribution < 1.29 is 30.7 Å². The topological polar surface area (TPSA) is 64.4 Å². The third kappa shape index (κ3) is 4.71. The smallest absolute Gasteiger partial charge is 0.381 e. The van der Waals surface area contributed by atoms with Crippen LogP contribution >= 0.6 is 0 Å². The molecular weight excluding hydrogens is 510 g/mol. The maximum Gasteiger partial charge on any atom is 0.416 e. The highest BCUT2D eigenvalue weighted by molar-refractivity contribution is 7.89. The van der Waals surface area contributed by atoms with Gasteiger partial charge in [-0.15, -0.1) is 0 Å². The summed E-state index contributed by atoms with van der Waals surface area (Å²) >= 11 is 0. The SMILES string of the molecule is CCOC[C@@]12Cc3cnn(-c4ccc(F)cc4)c3C=C1CCN(S(=O)(=O)c1ccc(C(F)(F)F)cc1)C2.